The first-order chi connectivity index (χ1) is 7.43. The molecule has 3 nitrogen and oxygen atoms in total. The third-order valence-electron chi connectivity index (χ3n) is 2.73. The fourth-order valence-electron chi connectivity index (χ4n) is 1.71. The normalized spacial score (nSPS) is 12.9. The second-order valence-corrected chi connectivity index (χ2v) is 5.52. The molecule has 0 aliphatic carbocycles. The average molecular weight is 240 g/mol. The summed E-state index contributed by atoms with van der Waals surface area (Å²) in [7, 11) is 1.87. The Morgan fingerprint density at radius 3 is 2.56 bits per heavy atom. The van der Waals surface area contributed by atoms with E-state index in [4.69, 9.17) is 0 Å². The Morgan fingerprint density at radius 1 is 1.50 bits per heavy atom. The zero-order valence-electron chi connectivity index (χ0n) is 10.7. The van der Waals surface area contributed by atoms with Crippen molar-refractivity contribution in [3.63, 3.8) is 0 Å². The minimum atomic E-state index is 0.0909. The van der Waals surface area contributed by atoms with Crippen LogP contribution < -0.4 is 0 Å². The number of rotatable bonds is 4. The smallest absolute Gasteiger partial charge is 0.265 e. The van der Waals surface area contributed by atoms with Gasteiger partial charge in [0.05, 0.1) is 11.2 Å². The van der Waals surface area contributed by atoms with Gasteiger partial charge in [-0.2, -0.15) is 0 Å². The monoisotopic (exact) mass is 240 g/mol. The zero-order valence-corrected chi connectivity index (χ0v) is 11.5. The number of hydrogen-bond acceptors (Lipinski definition) is 3. The van der Waals surface area contributed by atoms with Crippen LogP contribution in [0.25, 0.3) is 0 Å². The highest BCUT2D eigenvalue weighted by molar-refractivity contribution is 7.11. The second kappa shape index (κ2) is 5.43. The largest absolute Gasteiger partial charge is 0.338 e. The van der Waals surface area contributed by atoms with Gasteiger partial charge in [0.1, 0.15) is 4.88 Å². The molecular formula is C12H20N2OS. The molecule has 1 aromatic heterocycles. The lowest BCUT2D eigenvalue weighted by molar-refractivity contribution is 0.0732. The maximum Gasteiger partial charge on any atom is 0.265 e. The predicted molar refractivity (Wildman–Crippen MR) is 67.9 cm³/mol. The Hall–Kier alpha value is -0.900. The molecule has 0 radical (unpaired) electrons. The van der Waals surface area contributed by atoms with Crippen molar-refractivity contribution in [1.82, 2.24) is 9.88 Å². The van der Waals surface area contributed by atoms with Crippen LogP contribution in [0.15, 0.2) is 5.51 Å². The molecule has 4 heteroatoms. The van der Waals surface area contributed by atoms with E-state index in [1.165, 1.54) is 11.3 Å². The Balaban J connectivity index is 2.71. The number of thiazole rings is 1. The van der Waals surface area contributed by atoms with E-state index >= 15 is 0 Å². The summed E-state index contributed by atoms with van der Waals surface area (Å²) in [4.78, 5) is 18.8. The van der Waals surface area contributed by atoms with Crippen molar-refractivity contribution < 1.29 is 4.79 Å². The number of aromatic nitrogens is 1. The molecule has 90 valence electrons. The van der Waals surface area contributed by atoms with E-state index in [1.807, 2.05) is 18.9 Å². The van der Waals surface area contributed by atoms with Gasteiger partial charge in [0.25, 0.3) is 5.91 Å². The molecule has 0 spiro atoms. The van der Waals surface area contributed by atoms with Crippen LogP contribution in [0.4, 0.5) is 0 Å². The molecule has 1 rings (SSSR count). The van der Waals surface area contributed by atoms with Crippen molar-refractivity contribution in [3.8, 4) is 0 Å². The Bertz CT molecular complexity index is 360. The lowest BCUT2D eigenvalue weighted by Crippen LogP contribution is -2.35. The van der Waals surface area contributed by atoms with Gasteiger partial charge >= 0.3 is 0 Å². The summed E-state index contributed by atoms with van der Waals surface area (Å²) in [5.41, 5.74) is 2.56. The maximum absolute atomic E-state index is 12.1. The van der Waals surface area contributed by atoms with E-state index in [-0.39, 0.29) is 11.9 Å². The molecule has 1 aromatic rings. The van der Waals surface area contributed by atoms with Gasteiger partial charge in [-0.25, -0.2) is 4.98 Å². The van der Waals surface area contributed by atoms with Gasteiger partial charge in [-0.3, -0.25) is 4.79 Å². The van der Waals surface area contributed by atoms with E-state index in [1.54, 1.807) is 5.51 Å². The van der Waals surface area contributed by atoms with Crippen molar-refractivity contribution in [1.29, 1.82) is 0 Å². The van der Waals surface area contributed by atoms with Crippen LogP contribution in [0.2, 0.25) is 0 Å². The zero-order chi connectivity index (χ0) is 12.3. The van der Waals surface area contributed by atoms with E-state index in [0.717, 1.165) is 17.0 Å². The summed E-state index contributed by atoms with van der Waals surface area (Å²) in [6.07, 6.45) is 1.03. The highest BCUT2D eigenvalue weighted by Crippen LogP contribution is 2.18. The Labute approximate surface area is 101 Å². The predicted octanol–water partition coefficient (Wildman–Crippen LogP) is 2.96. The summed E-state index contributed by atoms with van der Waals surface area (Å²) < 4.78 is 0. The lowest BCUT2D eigenvalue weighted by atomic mass is 10.0. The number of carbonyl (C=O) groups excluding carboxylic acids is 1. The van der Waals surface area contributed by atoms with Crippen molar-refractivity contribution in [3.05, 3.63) is 16.1 Å². The van der Waals surface area contributed by atoms with Crippen LogP contribution in [0.1, 0.15) is 42.6 Å². The molecule has 0 saturated carbocycles. The molecule has 16 heavy (non-hydrogen) atoms. The van der Waals surface area contributed by atoms with Gasteiger partial charge < -0.3 is 4.90 Å². The number of amides is 1. The SMILES string of the molecule is Cc1ncsc1C(=O)N(C)[C@@H](C)CC(C)C. The fraction of sp³-hybridized carbons (Fsp3) is 0.667. The third kappa shape index (κ3) is 3.04. The molecule has 0 saturated heterocycles. The van der Waals surface area contributed by atoms with Crippen LogP contribution in [0.3, 0.4) is 0 Å². The molecule has 0 aliphatic rings. The first-order valence-corrected chi connectivity index (χ1v) is 6.48. The summed E-state index contributed by atoms with van der Waals surface area (Å²) in [5.74, 6) is 0.695. The van der Waals surface area contributed by atoms with Crippen molar-refractivity contribution >= 4 is 17.2 Å². The number of hydrogen-bond donors (Lipinski definition) is 0. The number of aryl methyl sites for hydroxylation is 1. The minimum Gasteiger partial charge on any atom is -0.338 e. The van der Waals surface area contributed by atoms with Gasteiger partial charge in [0.2, 0.25) is 0 Å². The van der Waals surface area contributed by atoms with Gasteiger partial charge in [-0.15, -0.1) is 11.3 Å². The second-order valence-electron chi connectivity index (χ2n) is 4.66. The van der Waals surface area contributed by atoms with Crippen molar-refractivity contribution in [2.45, 2.75) is 40.2 Å². The summed E-state index contributed by atoms with van der Waals surface area (Å²) in [5, 5.41) is 0. The van der Waals surface area contributed by atoms with Gasteiger partial charge in [-0.1, -0.05) is 13.8 Å². The van der Waals surface area contributed by atoms with Crippen LogP contribution in [-0.2, 0) is 0 Å². The average Bonchev–Trinajstić information content (AvgIpc) is 2.61. The summed E-state index contributed by atoms with van der Waals surface area (Å²) >= 11 is 1.42. The quantitative estimate of drug-likeness (QED) is 0.810. The number of nitrogens with zero attached hydrogens (tertiary/aromatic N) is 2. The molecule has 0 aliphatic heterocycles. The van der Waals surface area contributed by atoms with Gasteiger partial charge in [0, 0.05) is 13.1 Å². The van der Waals surface area contributed by atoms with E-state index in [0.29, 0.717) is 5.92 Å². The fourth-order valence-corrected chi connectivity index (χ4v) is 2.49. The minimum absolute atomic E-state index is 0.0909. The van der Waals surface area contributed by atoms with Crippen molar-refractivity contribution in [2.75, 3.05) is 7.05 Å². The summed E-state index contributed by atoms with van der Waals surface area (Å²) in [6.45, 7) is 8.32. The van der Waals surface area contributed by atoms with Crippen LogP contribution in [0, 0.1) is 12.8 Å². The topological polar surface area (TPSA) is 33.2 Å². The lowest BCUT2D eigenvalue weighted by Gasteiger charge is -2.26. The molecule has 0 unspecified atom stereocenters. The molecule has 0 N–H and O–H groups in total. The molecule has 1 atom stereocenters. The standard InChI is InChI=1S/C12H20N2OS/c1-8(2)6-9(3)14(5)12(15)11-10(4)13-7-16-11/h7-9H,6H2,1-5H3/t9-/m0/s1. The van der Waals surface area contributed by atoms with E-state index < -0.39 is 0 Å². The van der Waals surface area contributed by atoms with E-state index in [2.05, 4.69) is 25.8 Å². The molecule has 0 aromatic carbocycles. The van der Waals surface area contributed by atoms with E-state index in [9.17, 15) is 4.79 Å². The summed E-state index contributed by atoms with van der Waals surface area (Å²) in [6, 6.07) is 0.272. The first kappa shape index (κ1) is 13.2. The third-order valence-corrected chi connectivity index (χ3v) is 3.65. The number of carbonyl (C=O) groups is 1. The highest BCUT2D eigenvalue weighted by Gasteiger charge is 2.21. The van der Waals surface area contributed by atoms with Crippen LogP contribution in [-0.4, -0.2) is 28.9 Å². The molecular weight excluding hydrogens is 220 g/mol. The van der Waals surface area contributed by atoms with Gasteiger partial charge in [0.15, 0.2) is 0 Å². The van der Waals surface area contributed by atoms with Crippen LogP contribution in [0.5, 0.6) is 0 Å². The van der Waals surface area contributed by atoms with Gasteiger partial charge in [-0.05, 0) is 26.2 Å². The molecule has 0 fully saturated rings. The first-order valence-electron chi connectivity index (χ1n) is 5.60. The molecule has 0 bridgehead atoms. The Morgan fingerprint density at radius 2 is 2.12 bits per heavy atom. The van der Waals surface area contributed by atoms with Crippen molar-refractivity contribution in [2.24, 2.45) is 5.92 Å². The maximum atomic E-state index is 12.1. The molecule has 1 amide bonds. The highest BCUT2D eigenvalue weighted by atomic mass is 32.1. The van der Waals surface area contributed by atoms with Crippen LogP contribution >= 0.6 is 11.3 Å². The molecule has 1 heterocycles. The Kier molecular flexibility index (Phi) is 4.47.